The lowest BCUT2D eigenvalue weighted by Gasteiger charge is -2.09. The summed E-state index contributed by atoms with van der Waals surface area (Å²) in [6.07, 6.45) is 1.61. The maximum atomic E-state index is 13.0. The fourth-order valence-electron chi connectivity index (χ4n) is 2.90. The largest absolute Gasteiger partial charge is 0.268 e. The van der Waals surface area contributed by atoms with Crippen LogP contribution in [-0.2, 0) is 10.0 Å². The third-order valence-corrected chi connectivity index (χ3v) is 6.77. The first kappa shape index (κ1) is 15.9. The summed E-state index contributed by atoms with van der Waals surface area (Å²) in [7, 11) is -3.63. The van der Waals surface area contributed by atoms with E-state index in [2.05, 4.69) is 6.58 Å². The minimum Gasteiger partial charge on any atom is -0.241 e. The second-order valence-electron chi connectivity index (χ2n) is 5.62. The van der Waals surface area contributed by atoms with Crippen LogP contribution < -0.4 is 0 Å². The van der Waals surface area contributed by atoms with Crippen LogP contribution in [0, 0.1) is 0 Å². The average Bonchev–Trinajstić information content (AvgIpc) is 3.31. The van der Waals surface area contributed by atoms with Gasteiger partial charge in [-0.05, 0) is 46.8 Å². The van der Waals surface area contributed by atoms with Gasteiger partial charge in [-0.1, -0.05) is 43.0 Å². The Balaban J connectivity index is 1.89. The SMILES string of the molecule is C=C(c1cccs1)c1cccc2c1ccn2S(=O)(=O)c1ccccc1. The van der Waals surface area contributed by atoms with Gasteiger partial charge in [0.05, 0.1) is 10.4 Å². The molecule has 0 atom stereocenters. The van der Waals surface area contributed by atoms with E-state index < -0.39 is 10.0 Å². The number of hydrogen-bond donors (Lipinski definition) is 0. The predicted octanol–water partition coefficient (Wildman–Crippen LogP) is 5.00. The van der Waals surface area contributed by atoms with Crippen molar-refractivity contribution < 1.29 is 8.42 Å². The molecule has 4 aromatic rings. The molecule has 124 valence electrons. The molecule has 5 heteroatoms. The van der Waals surface area contributed by atoms with E-state index in [1.54, 1.807) is 47.9 Å². The van der Waals surface area contributed by atoms with E-state index in [0.29, 0.717) is 5.52 Å². The second kappa shape index (κ2) is 6.02. The summed E-state index contributed by atoms with van der Waals surface area (Å²) in [5.41, 5.74) is 2.50. The van der Waals surface area contributed by atoms with Crippen molar-refractivity contribution in [1.82, 2.24) is 3.97 Å². The molecule has 0 aliphatic carbocycles. The van der Waals surface area contributed by atoms with Gasteiger partial charge in [0, 0.05) is 16.5 Å². The van der Waals surface area contributed by atoms with E-state index in [0.717, 1.165) is 21.4 Å². The van der Waals surface area contributed by atoms with Crippen LogP contribution in [-0.4, -0.2) is 12.4 Å². The Morgan fingerprint density at radius 2 is 1.72 bits per heavy atom. The molecule has 0 unspecified atom stereocenters. The molecule has 0 aliphatic rings. The van der Waals surface area contributed by atoms with E-state index in [-0.39, 0.29) is 4.90 Å². The van der Waals surface area contributed by atoms with Gasteiger partial charge in [-0.3, -0.25) is 0 Å². The van der Waals surface area contributed by atoms with Crippen LogP contribution in [0.4, 0.5) is 0 Å². The number of aromatic nitrogens is 1. The maximum absolute atomic E-state index is 13.0. The third-order valence-electron chi connectivity index (χ3n) is 4.14. The maximum Gasteiger partial charge on any atom is 0.268 e. The number of nitrogens with zero attached hydrogens (tertiary/aromatic N) is 1. The van der Waals surface area contributed by atoms with Gasteiger partial charge in [0.25, 0.3) is 10.0 Å². The van der Waals surface area contributed by atoms with Crippen molar-refractivity contribution in [1.29, 1.82) is 0 Å². The molecule has 2 heterocycles. The Bertz CT molecular complexity index is 1160. The van der Waals surface area contributed by atoms with Crippen molar-refractivity contribution in [3.05, 3.63) is 95.3 Å². The minimum absolute atomic E-state index is 0.273. The van der Waals surface area contributed by atoms with Gasteiger partial charge in [-0.15, -0.1) is 11.3 Å². The molecule has 0 radical (unpaired) electrons. The second-order valence-corrected chi connectivity index (χ2v) is 8.39. The normalized spacial score (nSPS) is 11.7. The fourth-order valence-corrected chi connectivity index (χ4v) is 4.99. The first-order valence-corrected chi connectivity index (χ1v) is 10.0. The van der Waals surface area contributed by atoms with Crippen molar-refractivity contribution >= 4 is 37.8 Å². The zero-order valence-electron chi connectivity index (χ0n) is 13.3. The predicted molar refractivity (Wildman–Crippen MR) is 103 cm³/mol. The number of benzene rings is 2. The Morgan fingerprint density at radius 3 is 2.44 bits per heavy atom. The van der Waals surface area contributed by atoms with Crippen LogP contribution in [0.15, 0.2) is 89.8 Å². The van der Waals surface area contributed by atoms with Crippen LogP contribution in [0.3, 0.4) is 0 Å². The molecule has 0 spiro atoms. The Hall–Kier alpha value is -2.63. The highest BCUT2D eigenvalue weighted by atomic mass is 32.2. The summed E-state index contributed by atoms with van der Waals surface area (Å²) < 4.78 is 27.3. The molecule has 0 saturated carbocycles. The monoisotopic (exact) mass is 365 g/mol. The molecule has 0 amide bonds. The highest BCUT2D eigenvalue weighted by Crippen LogP contribution is 2.32. The summed E-state index contributed by atoms with van der Waals surface area (Å²) in [5.74, 6) is 0. The van der Waals surface area contributed by atoms with Crippen LogP contribution in [0.1, 0.15) is 10.4 Å². The van der Waals surface area contributed by atoms with Gasteiger partial charge in [-0.25, -0.2) is 12.4 Å². The third kappa shape index (κ3) is 2.62. The molecule has 0 bridgehead atoms. The molecule has 3 nitrogen and oxygen atoms in total. The van der Waals surface area contributed by atoms with Gasteiger partial charge in [0.2, 0.25) is 0 Å². The van der Waals surface area contributed by atoms with E-state index in [1.165, 1.54) is 3.97 Å². The molecular weight excluding hydrogens is 350 g/mol. The zero-order valence-corrected chi connectivity index (χ0v) is 14.9. The molecule has 0 N–H and O–H groups in total. The standard InChI is InChI=1S/C20H15NO2S2/c1-15(20-11-6-14-24-20)17-9-5-10-19-18(17)12-13-21(19)25(22,23)16-7-3-2-4-8-16/h2-14H,1H2. The van der Waals surface area contributed by atoms with Crippen molar-refractivity contribution in [2.45, 2.75) is 4.90 Å². The van der Waals surface area contributed by atoms with E-state index in [1.807, 2.05) is 41.8 Å². The van der Waals surface area contributed by atoms with Crippen LogP contribution in [0.25, 0.3) is 16.5 Å². The lowest BCUT2D eigenvalue weighted by molar-refractivity contribution is 0.589. The zero-order chi connectivity index (χ0) is 17.4. The highest BCUT2D eigenvalue weighted by Gasteiger charge is 2.20. The average molecular weight is 365 g/mol. The Labute approximate surface area is 150 Å². The smallest absolute Gasteiger partial charge is 0.241 e. The molecule has 0 saturated heterocycles. The van der Waals surface area contributed by atoms with Gasteiger partial charge in [0.1, 0.15) is 0 Å². The molecule has 0 aliphatic heterocycles. The van der Waals surface area contributed by atoms with E-state index in [4.69, 9.17) is 0 Å². The quantitative estimate of drug-likeness (QED) is 0.510. The first-order valence-electron chi connectivity index (χ1n) is 7.73. The number of hydrogen-bond acceptors (Lipinski definition) is 3. The van der Waals surface area contributed by atoms with Crippen molar-refractivity contribution in [3.63, 3.8) is 0 Å². The van der Waals surface area contributed by atoms with E-state index >= 15 is 0 Å². The highest BCUT2D eigenvalue weighted by molar-refractivity contribution is 7.90. The number of fused-ring (bicyclic) bond motifs is 1. The summed E-state index contributed by atoms with van der Waals surface area (Å²) in [6.45, 7) is 4.20. The Kier molecular flexibility index (Phi) is 3.82. The van der Waals surface area contributed by atoms with Gasteiger partial charge in [0.15, 0.2) is 0 Å². The fraction of sp³-hybridized carbons (Fsp3) is 0. The summed E-state index contributed by atoms with van der Waals surface area (Å²) in [4.78, 5) is 1.35. The lowest BCUT2D eigenvalue weighted by atomic mass is 10.0. The molecule has 0 fully saturated rings. The summed E-state index contributed by atoms with van der Waals surface area (Å²) in [5, 5.41) is 2.88. The summed E-state index contributed by atoms with van der Waals surface area (Å²) in [6, 6.07) is 20.0. The lowest BCUT2D eigenvalue weighted by Crippen LogP contribution is -2.11. The van der Waals surface area contributed by atoms with Crippen molar-refractivity contribution in [2.24, 2.45) is 0 Å². The van der Waals surface area contributed by atoms with Crippen LogP contribution in [0.5, 0.6) is 0 Å². The van der Waals surface area contributed by atoms with Gasteiger partial charge < -0.3 is 0 Å². The summed E-state index contributed by atoms with van der Waals surface area (Å²) >= 11 is 1.62. The van der Waals surface area contributed by atoms with Gasteiger partial charge >= 0.3 is 0 Å². The number of rotatable bonds is 4. The Morgan fingerprint density at radius 1 is 0.920 bits per heavy atom. The molecule has 2 aromatic carbocycles. The molecule has 25 heavy (non-hydrogen) atoms. The van der Waals surface area contributed by atoms with Crippen molar-refractivity contribution in [3.8, 4) is 0 Å². The molecule has 4 rings (SSSR count). The van der Waals surface area contributed by atoms with Gasteiger partial charge in [-0.2, -0.15) is 0 Å². The minimum atomic E-state index is -3.63. The molecule has 2 aromatic heterocycles. The van der Waals surface area contributed by atoms with Crippen LogP contribution in [0.2, 0.25) is 0 Å². The topological polar surface area (TPSA) is 39.1 Å². The van der Waals surface area contributed by atoms with Crippen LogP contribution >= 0.6 is 11.3 Å². The molecular formula is C20H15NO2S2. The first-order chi connectivity index (χ1) is 12.1. The van der Waals surface area contributed by atoms with E-state index in [9.17, 15) is 8.42 Å². The number of thiophene rings is 1. The van der Waals surface area contributed by atoms with Crippen molar-refractivity contribution in [2.75, 3.05) is 0 Å².